The van der Waals surface area contributed by atoms with Crippen molar-refractivity contribution in [2.45, 2.75) is 32.4 Å². The molecule has 5 heteroatoms. The molecular formula is C16H25NO3S. The van der Waals surface area contributed by atoms with Gasteiger partial charge in [0.1, 0.15) is 0 Å². The number of methoxy groups -OCH3 is 2. The van der Waals surface area contributed by atoms with Crippen LogP contribution in [0.2, 0.25) is 0 Å². The van der Waals surface area contributed by atoms with Crippen LogP contribution in [-0.4, -0.2) is 38.4 Å². The standard InChI is InChI=1S/C16H25NO3S/c1-4-21-8-7-20-16-14(18-2)9-12(10-15(16)19-3)11-17-13-5-6-13/h9-10,13,17H,4-8,11H2,1-3H3. The molecule has 1 fully saturated rings. The maximum Gasteiger partial charge on any atom is 0.203 e. The molecule has 0 heterocycles. The minimum absolute atomic E-state index is 0.658. The Morgan fingerprint density at radius 2 is 1.86 bits per heavy atom. The highest BCUT2D eigenvalue weighted by Crippen LogP contribution is 2.38. The van der Waals surface area contributed by atoms with Gasteiger partial charge in [-0.15, -0.1) is 0 Å². The number of rotatable bonds is 10. The first-order chi connectivity index (χ1) is 10.3. The molecule has 0 unspecified atom stereocenters. The molecule has 0 bridgehead atoms. The van der Waals surface area contributed by atoms with Crippen molar-refractivity contribution >= 4 is 11.8 Å². The van der Waals surface area contributed by atoms with Crippen molar-refractivity contribution in [3.8, 4) is 17.2 Å². The lowest BCUT2D eigenvalue weighted by Crippen LogP contribution is -2.15. The normalized spacial score (nSPS) is 14.0. The minimum Gasteiger partial charge on any atom is -0.493 e. The van der Waals surface area contributed by atoms with Gasteiger partial charge >= 0.3 is 0 Å². The van der Waals surface area contributed by atoms with Crippen LogP contribution in [0.25, 0.3) is 0 Å². The average Bonchev–Trinajstić information content (AvgIpc) is 3.33. The van der Waals surface area contributed by atoms with E-state index in [9.17, 15) is 0 Å². The Balaban J connectivity index is 2.05. The van der Waals surface area contributed by atoms with E-state index in [1.54, 1.807) is 14.2 Å². The molecule has 1 aromatic carbocycles. The van der Waals surface area contributed by atoms with Crippen molar-refractivity contribution in [3.63, 3.8) is 0 Å². The monoisotopic (exact) mass is 311 g/mol. The van der Waals surface area contributed by atoms with Crippen molar-refractivity contribution in [1.82, 2.24) is 5.32 Å². The fourth-order valence-corrected chi connectivity index (χ4v) is 2.57. The van der Waals surface area contributed by atoms with Crippen molar-refractivity contribution in [1.29, 1.82) is 0 Å². The van der Waals surface area contributed by atoms with E-state index >= 15 is 0 Å². The van der Waals surface area contributed by atoms with E-state index in [0.717, 1.165) is 35.1 Å². The topological polar surface area (TPSA) is 39.7 Å². The third-order valence-corrected chi connectivity index (χ3v) is 4.23. The summed E-state index contributed by atoms with van der Waals surface area (Å²) in [5.41, 5.74) is 1.16. The fraction of sp³-hybridized carbons (Fsp3) is 0.625. The minimum atomic E-state index is 0.658. The summed E-state index contributed by atoms with van der Waals surface area (Å²) < 4.78 is 16.8. The van der Waals surface area contributed by atoms with Gasteiger partial charge in [0.15, 0.2) is 11.5 Å². The van der Waals surface area contributed by atoms with Crippen LogP contribution in [0.1, 0.15) is 25.3 Å². The number of hydrogen-bond acceptors (Lipinski definition) is 5. The molecule has 0 radical (unpaired) electrons. The molecule has 2 rings (SSSR count). The van der Waals surface area contributed by atoms with Gasteiger partial charge in [-0.05, 0) is 36.3 Å². The van der Waals surface area contributed by atoms with Gasteiger partial charge in [-0.2, -0.15) is 11.8 Å². The highest BCUT2D eigenvalue weighted by molar-refractivity contribution is 7.99. The second-order valence-corrected chi connectivity index (χ2v) is 6.42. The van der Waals surface area contributed by atoms with Crippen LogP contribution in [0.3, 0.4) is 0 Å². The summed E-state index contributed by atoms with van der Waals surface area (Å²) in [5, 5.41) is 3.50. The lowest BCUT2D eigenvalue weighted by atomic mass is 10.1. The lowest BCUT2D eigenvalue weighted by molar-refractivity contribution is 0.290. The number of thioether (sulfide) groups is 1. The van der Waals surface area contributed by atoms with Gasteiger partial charge in [-0.3, -0.25) is 0 Å². The maximum atomic E-state index is 5.85. The molecule has 118 valence electrons. The van der Waals surface area contributed by atoms with Gasteiger partial charge < -0.3 is 19.5 Å². The van der Waals surface area contributed by atoms with Crippen LogP contribution >= 0.6 is 11.8 Å². The summed E-state index contributed by atoms with van der Waals surface area (Å²) in [7, 11) is 3.33. The number of hydrogen-bond donors (Lipinski definition) is 1. The van der Waals surface area contributed by atoms with Crippen LogP contribution < -0.4 is 19.5 Å². The molecule has 1 aliphatic carbocycles. The quantitative estimate of drug-likeness (QED) is 0.672. The molecule has 4 nitrogen and oxygen atoms in total. The highest BCUT2D eigenvalue weighted by atomic mass is 32.2. The van der Waals surface area contributed by atoms with Crippen molar-refractivity contribution in [3.05, 3.63) is 17.7 Å². The van der Waals surface area contributed by atoms with Crippen LogP contribution in [0, 0.1) is 0 Å². The third kappa shape index (κ3) is 5.00. The average molecular weight is 311 g/mol. The van der Waals surface area contributed by atoms with Crippen molar-refractivity contribution in [2.24, 2.45) is 0 Å². The highest BCUT2D eigenvalue weighted by Gasteiger charge is 2.21. The summed E-state index contributed by atoms with van der Waals surface area (Å²) in [6, 6.07) is 4.74. The largest absolute Gasteiger partial charge is 0.493 e. The second kappa shape index (κ2) is 8.39. The summed E-state index contributed by atoms with van der Waals surface area (Å²) in [4.78, 5) is 0. The van der Waals surface area contributed by atoms with E-state index < -0.39 is 0 Å². The van der Waals surface area contributed by atoms with Gasteiger partial charge in [-0.25, -0.2) is 0 Å². The molecule has 0 saturated heterocycles. The van der Waals surface area contributed by atoms with E-state index in [1.165, 1.54) is 12.8 Å². The fourth-order valence-electron chi connectivity index (χ4n) is 2.08. The zero-order valence-electron chi connectivity index (χ0n) is 13.1. The predicted molar refractivity (Wildman–Crippen MR) is 87.9 cm³/mol. The molecule has 0 aliphatic heterocycles. The Bertz CT molecular complexity index is 424. The Hall–Kier alpha value is -1.07. The summed E-state index contributed by atoms with van der Waals surface area (Å²) in [6.07, 6.45) is 2.56. The van der Waals surface area contributed by atoms with E-state index in [0.29, 0.717) is 18.4 Å². The van der Waals surface area contributed by atoms with Crippen molar-refractivity contribution < 1.29 is 14.2 Å². The first kappa shape index (κ1) is 16.3. The SMILES string of the molecule is CCSCCOc1c(OC)cc(CNC2CC2)cc1OC. The molecule has 1 aromatic rings. The molecule has 0 amide bonds. The molecule has 1 saturated carbocycles. The number of nitrogens with one attached hydrogen (secondary N) is 1. The molecule has 0 atom stereocenters. The first-order valence-electron chi connectivity index (χ1n) is 7.47. The van der Waals surface area contributed by atoms with Crippen LogP contribution in [-0.2, 0) is 6.54 Å². The van der Waals surface area contributed by atoms with Gasteiger partial charge in [0.05, 0.1) is 20.8 Å². The van der Waals surface area contributed by atoms with E-state index in [1.807, 2.05) is 23.9 Å². The lowest BCUT2D eigenvalue weighted by Gasteiger charge is -2.16. The van der Waals surface area contributed by atoms with Crippen LogP contribution in [0.5, 0.6) is 17.2 Å². The smallest absolute Gasteiger partial charge is 0.203 e. The van der Waals surface area contributed by atoms with Gasteiger partial charge in [0, 0.05) is 18.3 Å². The Morgan fingerprint density at radius 1 is 1.19 bits per heavy atom. The summed E-state index contributed by atoms with van der Waals surface area (Å²) in [6.45, 7) is 3.64. The summed E-state index contributed by atoms with van der Waals surface area (Å²) >= 11 is 1.86. The third-order valence-electron chi connectivity index (χ3n) is 3.37. The van der Waals surface area contributed by atoms with Gasteiger partial charge in [-0.1, -0.05) is 6.92 Å². The van der Waals surface area contributed by atoms with Crippen LogP contribution in [0.4, 0.5) is 0 Å². The maximum absolute atomic E-state index is 5.85. The number of benzene rings is 1. The second-order valence-electron chi connectivity index (χ2n) is 5.03. The Morgan fingerprint density at radius 3 is 2.38 bits per heavy atom. The van der Waals surface area contributed by atoms with Crippen molar-refractivity contribution in [2.75, 3.05) is 32.3 Å². The van der Waals surface area contributed by atoms with E-state index in [4.69, 9.17) is 14.2 Å². The van der Waals surface area contributed by atoms with Crippen LogP contribution in [0.15, 0.2) is 12.1 Å². The molecular weight excluding hydrogens is 286 g/mol. The first-order valence-corrected chi connectivity index (χ1v) is 8.62. The van der Waals surface area contributed by atoms with Gasteiger partial charge in [0.25, 0.3) is 0 Å². The molecule has 21 heavy (non-hydrogen) atoms. The zero-order valence-corrected chi connectivity index (χ0v) is 13.9. The molecule has 1 aliphatic rings. The molecule has 0 spiro atoms. The molecule has 1 N–H and O–H groups in total. The summed E-state index contributed by atoms with van der Waals surface area (Å²) in [5.74, 6) is 4.25. The predicted octanol–water partition coefficient (Wildman–Crippen LogP) is 3.09. The Labute approximate surface area is 131 Å². The zero-order chi connectivity index (χ0) is 15.1. The Kier molecular flexibility index (Phi) is 6.51. The van der Waals surface area contributed by atoms with Gasteiger partial charge in [0.2, 0.25) is 5.75 Å². The number of ether oxygens (including phenoxy) is 3. The van der Waals surface area contributed by atoms with E-state index in [2.05, 4.69) is 12.2 Å². The molecule has 0 aromatic heterocycles. The van der Waals surface area contributed by atoms with E-state index in [-0.39, 0.29) is 0 Å².